The van der Waals surface area contributed by atoms with Crippen LogP contribution in [-0.2, 0) is 5.75 Å². The predicted molar refractivity (Wildman–Crippen MR) is 130 cm³/mol. The lowest BCUT2D eigenvalue weighted by Gasteiger charge is -2.12. The molecule has 152 valence electrons. The van der Waals surface area contributed by atoms with Crippen molar-refractivity contribution in [2.45, 2.75) is 17.6 Å². The van der Waals surface area contributed by atoms with Gasteiger partial charge in [0.1, 0.15) is 0 Å². The van der Waals surface area contributed by atoms with Crippen molar-refractivity contribution in [2.24, 2.45) is 16.6 Å². The Morgan fingerprint density at radius 2 is 1.57 bits per heavy atom. The molecule has 0 spiro atoms. The van der Waals surface area contributed by atoms with Gasteiger partial charge in [-0.15, -0.1) is 11.8 Å². The molecule has 0 heterocycles. The van der Waals surface area contributed by atoms with Crippen LogP contribution in [0, 0.1) is 0 Å². The van der Waals surface area contributed by atoms with Crippen molar-refractivity contribution in [3.8, 4) is 11.1 Å². The molecular formula is C25H26N4S. The van der Waals surface area contributed by atoms with E-state index in [9.17, 15) is 0 Å². The molecule has 3 aromatic rings. The highest BCUT2D eigenvalue weighted by Gasteiger charge is 2.07. The van der Waals surface area contributed by atoms with E-state index >= 15 is 0 Å². The summed E-state index contributed by atoms with van der Waals surface area (Å²) in [6, 6.07) is 24.8. The molecule has 0 saturated heterocycles. The number of para-hydroxylation sites is 1. The number of hydrazine groups is 1. The SMILES string of the molecule is C=Nc1ccccc1SCc1ccc(-c2ccc(/C(N)=C(/NN)C(=C)C)cc2)cc1. The summed E-state index contributed by atoms with van der Waals surface area (Å²) >= 11 is 1.76. The van der Waals surface area contributed by atoms with Gasteiger partial charge in [0, 0.05) is 10.6 Å². The lowest BCUT2D eigenvalue weighted by Crippen LogP contribution is -2.24. The van der Waals surface area contributed by atoms with Gasteiger partial charge in [0.15, 0.2) is 0 Å². The number of hydrogen-bond acceptors (Lipinski definition) is 5. The Morgan fingerprint density at radius 3 is 2.13 bits per heavy atom. The fraction of sp³-hybridized carbons (Fsp3) is 0.0800. The average molecular weight is 415 g/mol. The number of nitrogens with one attached hydrogen (secondary N) is 1. The predicted octanol–water partition coefficient (Wildman–Crippen LogP) is 5.64. The number of nitrogens with two attached hydrogens (primary N) is 2. The largest absolute Gasteiger partial charge is 0.397 e. The molecule has 0 saturated carbocycles. The first kappa shape index (κ1) is 21.4. The van der Waals surface area contributed by atoms with Crippen molar-refractivity contribution >= 4 is 29.9 Å². The molecule has 0 atom stereocenters. The van der Waals surface area contributed by atoms with Gasteiger partial charge in [-0.1, -0.05) is 67.2 Å². The molecule has 0 aliphatic carbocycles. The lowest BCUT2D eigenvalue weighted by atomic mass is 10.0. The van der Waals surface area contributed by atoms with Gasteiger partial charge in [0.2, 0.25) is 0 Å². The van der Waals surface area contributed by atoms with E-state index in [1.807, 2.05) is 37.3 Å². The molecule has 3 aromatic carbocycles. The Bertz CT molecular complexity index is 1070. The van der Waals surface area contributed by atoms with E-state index in [1.54, 1.807) is 11.8 Å². The molecule has 3 rings (SSSR count). The minimum absolute atomic E-state index is 0.582. The fourth-order valence-electron chi connectivity index (χ4n) is 3.08. The van der Waals surface area contributed by atoms with Crippen LogP contribution in [0.1, 0.15) is 18.1 Å². The maximum Gasteiger partial charge on any atom is 0.0758 e. The number of thioether (sulfide) groups is 1. The molecule has 0 aromatic heterocycles. The van der Waals surface area contributed by atoms with Crippen LogP contribution in [0.4, 0.5) is 5.69 Å². The maximum atomic E-state index is 6.22. The summed E-state index contributed by atoms with van der Waals surface area (Å²) in [7, 11) is 0. The maximum absolute atomic E-state index is 6.22. The number of rotatable bonds is 8. The topological polar surface area (TPSA) is 76.4 Å². The zero-order valence-corrected chi connectivity index (χ0v) is 17.9. The standard InChI is InChI=1S/C25H26N4S/c1-17(2)25(29-27)24(26)21-14-12-20(13-15-21)19-10-8-18(9-11-19)16-30-23-7-5-4-6-22(23)28-3/h4-15,29H,1,3,16,26-27H2,2H3/b25-24-. The first-order chi connectivity index (χ1) is 14.5. The van der Waals surface area contributed by atoms with Gasteiger partial charge in [0.05, 0.1) is 17.1 Å². The molecule has 4 nitrogen and oxygen atoms in total. The van der Waals surface area contributed by atoms with E-state index in [0.29, 0.717) is 11.4 Å². The van der Waals surface area contributed by atoms with E-state index in [-0.39, 0.29) is 0 Å². The molecule has 0 radical (unpaired) electrons. The Balaban J connectivity index is 1.72. The molecular weight excluding hydrogens is 388 g/mol. The van der Waals surface area contributed by atoms with Crippen molar-refractivity contribution < 1.29 is 0 Å². The van der Waals surface area contributed by atoms with E-state index in [2.05, 4.69) is 66.2 Å². The highest BCUT2D eigenvalue weighted by atomic mass is 32.2. The molecule has 0 amide bonds. The van der Waals surface area contributed by atoms with Crippen LogP contribution in [0.2, 0.25) is 0 Å². The highest BCUT2D eigenvalue weighted by Crippen LogP contribution is 2.32. The van der Waals surface area contributed by atoms with Gasteiger partial charge >= 0.3 is 0 Å². The summed E-state index contributed by atoms with van der Waals surface area (Å²) in [6.45, 7) is 9.41. The van der Waals surface area contributed by atoms with Gasteiger partial charge in [-0.25, -0.2) is 0 Å². The van der Waals surface area contributed by atoms with Crippen LogP contribution in [0.5, 0.6) is 0 Å². The second-order valence-electron chi connectivity index (χ2n) is 6.90. The smallest absolute Gasteiger partial charge is 0.0758 e. The number of nitrogens with zero attached hydrogens (tertiary/aromatic N) is 1. The molecule has 0 bridgehead atoms. The van der Waals surface area contributed by atoms with Gasteiger partial charge < -0.3 is 11.2 Å². The Kier molecular flexibility index (Phi) is 7.12. The number of aliphatic imine (C=N–C) groups is 1. The minimum Gasteiger partial charge on any atom is -0.397 e. The monoisotopic (exact) mass is 414 g/mol. The first-order valence-electron chi connectivity index (χ1n) is 9.54. The molecule has 0 fully saturated rings. The van der Waals surface area contributed by atoms with Crippen molar-refractivity contribution in [2.75, 3.05) is 0 Å². The third-order valence-corrected chi connectivity index (χ3v) is 5.89. The third-order valence-electron chi connectivity index (χ3n) is 4.75. The summed E-state index contributed by atoms with van der Waals surface area (Å²) in [4.78, 5) is 5.22. The van der Waals surface area contributed by atoms with Crippen LogP contribution in [0.25, 0.3) is 16.8 Å². The summed E-state index contributed by atoms with van der Waals surface area (Å²) in [5, 5.41) is 0. The van der Waals surface area contributed by atoms with Crippen molar-refractivity contribution in [3.05, 3.63) is 102 Å². The lowest BCUT2D eigenvalue weighted by molar-refractivity contribution is 0.896. The summed E-state index contributed by atoms with van der Waals surface area (Å²) < 4.78 is 0. The van der Waals surface area contributed by atoms with Gasteiger partial charge in [-0.05, 0) is 53.6 Å². The van der Waals surface area contributed by atoms with Gasteiger partial charge in [-0.2, -0.15) is 0 Å². The first-order valence-corrected chi connectivity index (χ1v) is 10.5. The van der Waals surface area contributed by atoms with E-state index in [4.69, 9.17) is 11.6 Å². The second-order valence-corrected chi connectivity index (χ2v) is 7.92. The normalized spacial score (nSPS) is 11.5. The van der Waals surface area contributed by atoms with E-state index < -0.39 is 0 Å². The molecule has 0 unspecified atom stereocenters. The molecule has 5 heteroatoms. The number of benzene rings is 3. The average Bonchev–Trinajstić information content (AvgIpc) is 2.78. The van der Waals surface area contributed by atoms with Crippen LogP contribution >= 0.6 is 11.8 Å². The van der Waals surface area contributed by atoms with Crippen molar-refractivity contribution in [1.29, 1.82) is 0 Å². The van der Waals surface area contributed by atoms with E-state index in [1.165, 1.54) is 5.56 Å². The van der Waals surface area contributed by atoms with Crippen LogP contribution in [0.15, 0.2) is 101 Å². The molecule has 0 aliphatic rings. The van der Waals surface area contributed by atoms with Crippen LogP contribution in [0.3, 0.4) is 0 Å². The Labute approximate surface area is 182 Å². The summed E-state index contributed by atoms with van der Waals surface area (Å²) in [5.41, 5.74) is 16.2. The van der Waals surface area contributed by atoms with Crippen LogP contribution < -0.4 is 17.0 Å². The number of hydrogen-bond donors (Lipinski definition) is 3. The third kappa shape index (κ3) is 5.00. The van der Waals surface area contributed by atoms with Crippen LogP contribution in [-0.4, -0.2) is 6.72 Å². The van der Waals surface area contributed by atoms with E-state index in [0.717, 1.165) is 38.6 Å². The van der Waals surface area contributed by atoms with Gasteiger partial charge in [-0.3, -0.25) is 10.8 Å². The summed E-state index contributed by atoms with van der Waals surface area (Å²) in [6.07, 6.45) is 0. The van der Waals surface area contributed by atoms with Crippen molar-refractivity contribution in [3.63, 3.8) is 0 Å². The summed E-state index contributed by atoms with van der Waals surface area (Å²) in [5.74, 6) is 6.44. The fourth-order valence-corrected chi connectivity index (χ4v) is 4.05. The molecule has 5 N–H and O–H groups in total. The quantitative estimate of drug-likeness (QED) is 0.146. The zero-order chi connectivity index (χ0) is 21.5. The number of allylic oxidation sites excluding steroid dienone is 1. The molecule has 30 heavy (non-hydrogen) atoms. The molecule has 0 aliphatic heterocycles. The Morgan fingerprint density at radius 1 is 0.967 bits per heavy atom. The zero-order valence-electron chi connectivity index (χ0n) is 17.1. The Hall–Kier alpha value is -3.28. The second kappa shape index (κ2) is 9.96. The highest BCUT2D eigenvalue weighted by molar-refractivity contribution is 7.98. The van der Waals surface area contributed by atoms with Gasteiger partial charge in [0.25, 0.3) is 0 Å². The minimum atomic E-state index is 0.582. The van der Waals surface area contributed by atoms with Crippen molar-refractivity contribution in [1.82, 2.24) is 5.43 Å².